The maximum Gasteiger partial charge on any atom is 0.325 e. The average molecular weight is 389 g/mol. The number of benzene rings is 2. The Morgan fingerprint density at radius 3 is 2.66 bits per heavy atom. The van der Waals surface area contributed by atoms with E-state index >= 15 is 0 Å². The van der Waals surface area contributed by atoms with Crippen LogP contribution in [-0.4, -0.2) is 36.1 Å². The SMILES string of the molecule is CCc1cccc2c3c([nH]c12)[C@@]1(C)CCN(c2ccc(OC)cc2)C(=O)N1CC3. The predicted molar refractivity (Wildman–Crippen MR) is 116 cm³/mol. The van der Waals surface area contributed by atoms with Gasteiger partial charge in [-0.1, -0.05) is 25.1 Å². The number of methoxy groups -OCH3 is 1. The van der Waals surface area contributed by atoms with Crippen molar-refractivity contribution in [3.63, 3.8) is 0 Å². The van der Waals surface area contributed by atoms with Crippen molar-refractivity contribution in [2.24, 2.45) is 0 Å². The summed E-state index contributed by atoms with van der Waals surface area (Å²) in [6, 6.07) is 14.4. The molecule has 0 unspecified atom stereocenters. The van der Waals surface area contributed by atoms with Gasteiger partial charge in [0.15, 0.2) is 0 Å². The number of hydrogen-bond acceptors (Lipinski definition) is 2. The van der Waals surface area contributed by atoms with Crippen LogP contribution < -0.4 is 9.64 Å². The van der Waals surface area contributed by atoms with Crippen molar-refractivity contribution >= 4 is 22.6 Å². The molecule has 1 atom stereocenters. The Hall–Kier alpha value is -2.95. The number of hydrogen-bond donors (Lipinski definition) is 1. The van der Waals surface area contributed by atoms with Gasteiger partial charge in [-0.2, -0.15) is 0 Å². The van der Waals surface area contributed by atoms with Crippen LogP contribution in [0.1, 0.15) is 37.1 Å². The lowest BCUT2D eigenvalue weighted by Gasteiger charge is -2.50. The fourth-order valence-electron chi connectivity index (χ4n) is 5.09. The van der Waals surface area contributed by atoms with Crippen molar-refractivity contribution in [3.8, 4) is 5.75 Å². The van der Waals surface area contributed by atoms with Gasteiger partial charge >= 0.3 is 6.03 Å². The number of fused-ring (bicyclic) bond motifs is 5. The van der Waals surface area contributed by atoms with E-state index in [0.717, 1.165) is 37.2 Å². The normalized spacial score (nSPS) is 21.3. The Morgan fingerprint density at radius 1 is 1.14 bits per heavy atom. The van der Waals surface area contributed by atoms with Crippen LogP contribution in [0.5, 0.6) is 5.75 Å². The molecule has 2 aliphatic heterocycles. The first-order chi connectivity index (χ1) is 14.1. The Balaban J connectivity index is 1.53. The number of carbonyl (C=O) groups excluding carboxylic acids is 1. The molecule has 0 bridgehead atoms. The summed E-state index contributed by atoms with van der Waals surface area (Å²) in [5.74, 6) is 0.801. The first-order valence-corrected chi connectivity index (χ1v) is 10.4. The van der Waals surface area contributed by atoms with Crippen LogP contribution in [0.4, 0.5) is 10.5 Å². The van der Waals surface area contributed by atoms with Crippen LogP contribution in [0, 0.1) is 0 Å². The zero-order valence-electron chi connectivity index (χ0n) is 17.3. The van der Waals surface area contributed by atoms with Gasteiger partial charge < -0.3 is 14.6 Å². The number of para-hydroxylation sites is 1. The third-order valence-corrected chi connectivity index (χ3v) is 6.80. The number of nitrogens with one attached hydrogen (secondary N) is 1. The van der Waals surface area contributed by atoms with E-state index < -0.39 is 0 Å². The summed E-state index contributed by atoms with van der Waals surface area (Å²) in [5, 5.41) is 1.32. The van der Waals surface area contributed by atoms with Gasteiger partial charge in [0.1, 0.15) is 5.75 Å². The molecule has 2 aromatic carbocycles. The molecule has 5 nitrogen and oxygen atoms in total. The van der Waals surface area contributed by atoms with Crippen LogP contribution in [0.25, 0.3) is 10.9 Å². The van der Waals surface area contributed by atoms with Crippen molar-refractivity contribution in [3.05, 3.63) is 59.3 Å². The van der Waals surface area contributed by atoms with E-state index in [4.69, 9.17) is 4.74 Å². The Bertz CT molecular complexity index is 1090. The highest BCUT2D eigenvalue weighted by Gasteiger charge is 2.48. The van der Waals surface area contributed by atoms with Crippen molar-refractivity contribution in [1.82, 2.24) is 9.88 Å². The Labute approximate surface area is 171 Å². The highest BCUT2D eigenvalue weighted by molar-refractivity contribution is 5.95. The topological polar surface area (TPSA) is 48.6 Å². The quantitative estimate of drug-likeness (QED) is 0.697. The van der Waals surface area contributed by atoms with Crippen molar-refractivity contribution in [2.75, 3.05) is 25.1 Å². The van der Waals surface area contributed by atoms with E-state index in [-0.39, 0.29) is 11.6 Å². The lowest BCUT2D eigenvalue weighted by atomic mass is 9.82. The van der Waals surface area contributed by atoms with Gasteiger partial charge in [-0.15, -0.1) is 0 Å². The number of rotatable bonds is 3. The lowest BCUT2D eigenvalue weighted by molar-refractivity contribution is 0.0939. The molecule has 1 saturated heterocycles. The summed E-state index contributed by atoms with van der Waals surface area (Å²) in [7, 11) is 1.65. The second-order valence-corrected chi connectivity index (χ2v) is 8.23. The molecule has 2 aliphatic rings. The zero-order valence-corrected chi connectivity index (χ0v) is 17.3. The highest BCUT2D eigenvalue weighted by Crippen LogP contribution is 2.44. The monoisotopic (exact) mass is 389 g/mol. The number of anilines is 1. The molecule has 5 rings (SSSR count). The molecule has 1 aromatic heterocycles. The first kappa shape index (κ1) is 18.1. The summed E-state index contributed by atoms with van der Waals surface area (Å²) >= 11 is 0. The molecule has 150 valence electrons. The van der Waals surface area contributed by atoms with E-state index in [1.807, 2.05) is 29.2 Å². The summed E-state index contributed by atoms with van der Waals surface area (Å²) in [6.45, 7) is 5.86. The number of urea groups is 1. The minimum atomic E-state index is -0.294. The third-order valence-electron chi connectivity index (χ3n) is 6.80. The van der Waals surface area contributed by atoms with E-state index in [1.165, 1.54) is 27.7 Å². The highest BCUT2D eigenvalue weighted by atomic mass is 16.5. The largest absolute Gasteiger partial charge is 0.497 e. The molecule has 3 heterocycles. The second kappa shape index (κ2) is 6.55. The van der Waals surface area contributed by atoms with E-state index in [1.54, 1.807) is 7.11 Å². The zero-order chi connectivity index (χ0) is 20.2. The first-order valence-electron chi connectivity index (χ1n) is 10.4. The van der Waals surface area contributed by atoms with Crippen molar-refractivity contribution in [1.29, 1.82) is 0 Å². The predicted octanol–water partition coefficient (Wildman–Crippen LogP) is 4.84. The van der Waals surface area contributed by atoms with Gasteiger partial charge in [0, 0.05) is 35.4 Å². The molecule has 0 aliphatic carbocycles. The van der Waals surface area contributed by atoms with Crippen LogP contribution in [0.15, 0.2) is 42.5 Å². The average Bonchev–Trinajstić information content (AvgIpc) is 3.14. The standard InChI is InChI=1S/C24H27N3O2/c1-4-16-6-5-7-19-20-12-14-27-23(28)26(17-8-10-18(29-3)11-9-17)15-13-24(27,2)22(20)25-21(16)19/h5-11,25H,4,12-15H2,1-3H3/t24-/m1/s1. The molecule has 29 heavy (non-hydrogen) atoms. The minimum absolute atomic E-state index is 0.0870. The van der Waals surface area contributed by atoms with Gasteiger partial charge in [0.25, 0.3) is 0 Å². The van der Waals surface area contributed by atoms with Crippen LogP contribution in [-0.2, 0) is 18.4 Å². The molecule has 2 amide bonds. The smallest absolute Gasteiger partial charge is 0.325 e. The number of carbonyl (C=O) groups is 1. The lowest BCUT2D eigenvalue weighted by Crippen LogP contribution is -2.61. The number of aromatic nitrogens is 1. The van der Waals surface area contributed by atoms with Crippen LogP contribution in [0.3, 0.4) is 0 Å². The molecular weight excluding hydrogens is 362 g/mol. The number of nitrogens with zero attached hydrogens (tertiary/aromatic N) is 2. The van der Waals surface area contributed by atoms with Crippen LogP contribution >= 0.6 is 0 Å². The Morgan fingerprint density at radius 2 is 1.93 bits per heavy atom. The van der Waals surface area contributed by atoms with Crippen molar-refractivity contribution < 1.29 is 9.53 Å². The van der Waals surface area contributed by atoms with Crippen molar-refractivity contribution in [2.45, 2.75) is 38.6 Å². The van der Waals surface area contributed by atoms with E-state index in [9.17, 15) is 4.79 Å². The maximum atomic E-state index is 13.5. The summed E-state index contributed by atoms with van der Waals surface area (Å²) < 4.78 is 5.25. The molecule has 1 fully saturated rings. The summed E-state index contributed by atoms with van der Waals surface area (Å²) in [4.78, 5) is 21.2. The molecule has 5 heteroatoms. The fourth-order valence-corrected chi connectivity index (χ4v) is 5.09. The molecule has 0 radical (unpaired) electrons. The Kier molecular flexibility index (Phi) is 4.09. The number of H-pyrrole nitrogens is 1. The number of amides is 2. The number of aryl methyl sites for hydroxylation is 1. The van der Waals surface area contributed by atoms with Gasteiger partial charge in [-0.3, -0.25) is 4.90 Å². The van der Waals surface area contributed by atoms with Gasteiger partial charge in [-0.05, 0) is 61.6 Å². The number of ether oxygens (including phenoxy) is 1. The minimum Gasteiger partial charge on any atom is -0.497 e. The van der Waals surface area contributed by atoms with Gasteiger partial charge in [0.05, 0.1) is 12.6 Å². The van der Waals surface area contributed by atoms with E-state index in [2.05, 4.69) is 41.9 Å². The molecule has 0 saturated carbocycles. The molecular formula is C24H27N3O2. The molecule has 0 spiro atoms. The second-order valence-electron chi connectivity index (χ2n) is 8.23. The summed E-state index contributed by atoms with van der Waals surface area (Å²) in [5.41, 5.74) is 5.83. The molecule has 3 aromatic rings. The molecule has 1 N–H and O–H groups in total. The van der Waals surface area contributed by atoms with Gasteiger partial charge in [-0.25, -0.2) is 4.79 Å². The maximum absolute atomic E-state index is 13.5. The summed E-state index contributed by atoms with van der Waals surface area (Å²) in [6.07, 6.45) is 2.79. The van der Waals surface area contributed by atoms with Gasteiger partial charge in [0.2, 0.25) is 0 Å². The fraction of sp³-hybridized carbons (Fsp3) is 0.375. The number of aromatic amines is 1. The van der Waals surface area contributed by atoms with E-state index in [0.29, 0.717) is 6.54 Å². The third kappa shape index (κ3) is 2.56. The van der Waals surface area contributed by atoms with Crippen LogP contribution in [0.2, 0.25) is 0 Å².